The molecule has 0 bridgehead atoms. The summed E-state index contributed by atoms with van der Waals surface area (Å²) in [5, 5.41) is 9.37. The normalized spacial score (nSPS) is 10.5. The van der Waals surface area contributed by atoms with Gasteiger partial charge >= 0.3 is 0 Å². The van der Waals surface area contributed by atoms with Crippen molar-refractivity contribution in [3.05, 3.63) is 36.9 Å². The van der Waals surface area contributed by atoms with Gasteiger partial charge in [0.2, 0.25) is 0 Å². The van der Waals surface area contributed by atoms with Gasteiger partial charge in [-0.3, -0.25) is 9.97 Å². The zero-order valence-electron chi connectivity index (χ0n) is 9.79. The van der Waals surface area contributed by atoms with E-state index in [9.17, 15) is 5.11 Å². The minimum atomic E-state index is 0.106. The molecule has 0 atom stereocenters. The number of nitrogens with zero attached hydrogens (tertiary/aromatic N) is 2. The van der Waals surface area contributed by atoms with Gasteiger partial charge in [-0.05, 0) is 26.0 Å². The smallest absolute Gasteiger partial charge is 0.138 e. The lowest BCUT2D eigenvalue weighted by atomic mass is 10.1. The minimum absolute atomic E-state index is 0.106. The number of rotatable bonds is 3. The molecule has 0 unspecified atom stereocenters. The van der Waals surface area contributed by atoms with Crippen LogP contribution >= 0.6 is 0 Å². The molecule has 0 saturated carbocycles. The van der Waals surface area contributed by atoms with Gasteiger partial charge in [-0.15, -0.1) is 0 Å². The van der Waals surface area contributed by atoms with Crippen molar-refractivity contribution in [1.29, 1.82) is 0 Å². The van der Waals surface area contributed by atoms with E-state index in [1.165, 1.54) is 6.20 Å². The molecule has 0 spiro atoms. The van der Waals surface area contributed by atoms with Crippen LogP contribution in [-0.4, -0.2) is 21.2 Å². The lowest BCUT2D eigenvalue weighted by Crippen LogP contribution is -2.05. The highest BCUT2D eigenvalue weighted by Crippen LogP contribution is 2.24. The maximum atomic E-state index is 9.37. The third-order valence-electron chi connectivity index (χ3n) is 2.14. The van der Waals surface area contributed by atoms with E-state index < -0.39 is 0 Å². The molecule has 0 aliphatic carbocycles. The number of aromatic nitrogens is 2. The molecule has 2 aromatic heterocycles. The Morgan fingerprint density at radius 1 is 1.00 bits per heavy atom. The molecular weight excluding hydrogens is 216 g/mol. The highest BCUT2D eigenvalue weighted by atomic mass is 16.5. The summed E-state index contributed by atoms with van der Waals surface area (Å²) in [7, 11) is 0. The van der Waals surface area contributed by atoms with Gasteiger partial charge in [0.1, 0.15) is 11.5 Å². The van der Waals surface area contributed by atoms with Gasteiger partial charge in [0.05, 0.1) is 18.5 Å². The second-order valence-electron chi connectivity index (χ2n) is 4.01. The van der Waals surface area contributed by atoms with Crippen LogP contribution in [-0.2, 0) is 0 Å². The monoisotopic (exact) mass is 230 g/mol. The van der Waals surface area contributed by atoms with Crippen LogP contribution in [0.25, 0.3) is 11.1 Å². The molecule has 0 saturated heterocycles. The van der Waals surface area contributed by atoms with Gasteiger partial charge in [0, 0.05) is 23.5 Å². The number of hydrogen-bond acceptors (Lipinski definition) is 4. The van der Waals surface area contributed by atoms with Gasteiger partial charge < -0.3 is 9.84 Å². The molecule has 0 fully saturated rings. The third-order valence-corrected chi connectivity index (χ3v) is 2.14. The molecule has 0 aromatic carbocycles. The quantitative estimate of drug-likeness (QED) is 0.880. The summed E-state index contributed by atoms with van der Waals surface area (Å²) in [6.45, 7) is 3.92. The molecule has 2 heterocycles. The van der Waals surface area contributed by atoms with Crippen molar-refractivity contribution in [3.63, 3.8) is 0 Å². The highest BCUT2D eigenvalue weighted by Gasteiger charge is 2.03. The molecule has 0 aliphatic rings. The van der Waals surface area contributed by atoms with Crippen LogP contribution in [0.2, 0.25) is 0 Å². The zero-order chi connectivity index (χ0) is 12.3. The van der Waals surface area contributed by atoms with Gasteiger partial charge in [-0.25, -0.2) is 0 Å². The molecular formula is C13H14N2O2. The highest BCUT2D eigenvalue weighted by molar-refractivity contribution is 5.64. The molecule has 0 aliphatic heterocycles. The summed E-state index contributed by atoms with van der Waals surface area (Å²) in [5.74, 6) is 0.846. The predicted octanol–water partition coefficient (Wildman–Crippen LogP) is 2.64. The first-order valence-corrected chi connectivity index (χ1v) is 5.41. The molecule has 2 aromatic rings. The predicted molar refractivity (Wildman–Crippen MR) is 64.9 cm³/mol. The number of aromatic hydroxyl groups is 1. The fourth-order valence-electron chi connectivity index (χ4n) is 1.50. The van der Waals surface area contributed by atoms with E-state index in [0.29, 0.717) is 5.75 Å². The van der Waals surface area contributed by atoms with Crippen molar-refractivity contribution in [2.24, 2.45) is 0 Å². The van der Waals surface area contributed by atoms with Crippen LogP contribution in [0.3, 0.4) is 0 Å². The van der Waals surface area contributed by atoms with Crippen molar-refractivity contribution in [2.45, 2.75) is 20.0 Å². The Kier molecular flexibility index (Phi) is 3.23. The van der Waals surface area contributed by atoms with E-state index in [2.05, 4.69) is 9.97 Å². The van der Waals surface area contributed by atoms with Crippen LogP contribution in [0.4, 0.5) is 0 Å². The maximum absolute atomic E-state index is 9.37. The second kappa shape index (κ2) is 4.82. The van der Waals surface area contributed by atoms with Crippen LogP contribution in [0.15, 0.2) is 36.9 Å². The molecule has 1 N–H and O–H groups in total. The van der Waals surface area contributed by atoms with Crippen molar-refractivity contribution < 1.29 is 9.84 Å². The summed E-state index contributed by atoms with van der Waals surface area (Å²) in [6.07, 6.45) is 6.55. The number of hydrogen-bond donors (Lipinski definition) is 1. The summed E-state index contributed by atoms with van der Waals surface area (Å²) in [5.41, 5.74) is 1.68. The average Bonchev–Trinajstić information content (AvgIpc) is 2.28. The largest absolute Gasteiger partial charge is 0.506 e. The topological polar surface area (TPSA) is 55.2 Å². The summed E-state index contributed by atoms with van der Waals surface area (Å²) < 4.78 is 5.56. The van der Waals surface area contributed by atoms with Gasteiger partial charge in [-0.1, -0.05) is 0 Å². The van der Waals surface area contributed by atoms with Crippen molar-refractivity contribution >= 4 is 0 Å². The Labute approximate surface area is 99.9 Å². The lowest BCUT2D eigenvalue weighted by Gasteiger charge is -2.10. The first kappa shape index (κ1) is 11.4. The van der Waals surface area contributed by atoms with Gasteiger partial charge in [0.15, 0.2) is 0 Å². The Bertz CT molecular complexity index is 512. The van der Waals surface area contributed by atoms with E-state index in [4.69, 9.17) is 4.74 Å². The fraction of sp³-hybridized carbons (Fsp3) is 0.231. The van der Waals surface area contributed by atoms with E-state index in [1.54, 1.807) is 24.7 Å². The van der Waals surface area contributed by atoms with Gasteiger partial charge in [-0.2, -0.15) is 0 Å². The third kappa shape index (κ3) is 2.93. The van der Waals surface area contributed by atoms with E-state index in [1.807, 2.05) is 19.9 Å². The summed E-state index contributed by atoms with van der Waals surface area (Å²) >= 11 is 0. The molecule has 4 nitrogen and oxygen atoms in total. The summed E-state index contributed by atoms with van der Waals surface area (Å²) in [6, 6.07) is 3.52. The maximum Gasteiger partial charge on any atom is 0.138 e. The Balaban J connectivity index is 2.33. The Morgan fingerprint density at radius 2 is 1.65 bits per heavy atom. The molecule has 2 rings (SSSR count). The Hall–Kier alpha value is -2.10. The first-order valence-electron chi connectivity index (χ1n) is 5.41. The van der Waals surface area contributed by atoms with Gasteiger partial charge in [0.25, 0.3) is 0 Å². The van der Waals surface area contributed by atoms with E-state index in [-0.39, 0.29) is 11.9 Å². The average molecular weight is 230 g/mol. The zero-order valence-corrected chi connectivity index (χ0v) is 9.79. The lowest BCUT2D eigenvalue weighted by molar-refractivity contribution is 0.241. The molecule has 88 valence electrons. The minimum Gasteiger partial charge on any atom is -0.506 e. The standard InChI is InChI=1S/C13H14N2O2/c1-9(2)17-13-4-11(6-15-8-13)10-3-12(16)7-14-5-10/h3-9,16H,1-2H3. The second-order valence-corrected chi connectivity index (χ2v) is 4.01. The van der Waals surface area contributed by atoms with Crippen LogP contribution < -0.4 is 4.74 Å². The molecule has 4 heteroatoms. The molecule has 0 amide bonds. The van der Waals surface area contributed by atoms with E-state index >= 15 is 0 Å². The number of ether oxygens (including phenoxy) is 1. The Morgan fingerprint density at radius 3 is 2.29 bits per heavy atom. The molecule has 17 heavy (non-hydrogen) atoms. The van der Waals surface area contributed by atoms with E-state index in [0.717, 1.165) is 11.1 Å². The number of pyridine rings is 2. The first-order chi connectivity index (χ1) is 8.15. The SMILES string of the molecule is CC(C)Oc1cncc(-c2cncc(O)c2)c1. The van der Waals surface area contributed by atoms with Crippen LogP contribution in [0.5, 0.6) is 11.5 Å². The van der Waals surface area contributed by atoms with Crippen molar-refractivity contribution in [3.8, 4) is 22.6 Å². The van der Waals surface area contributed by atoms with Crippen molar-refractivity contribution in [2.75, 3.05) is 0 Å². The van der Waals surface area contributed by atoms with Crippen LogP contribution in [0.1, 0.15) is 13.8 Å². The van der Waals surface area contributed by atoms with Crippen molar-refractivity contribution in [1.82, 2.24) is 9.97 Å². The fourth-order valence-corrected chi connectivity index (χ4v) is 1.50. The van der Waals surface area contributed by atoms with Crippen LogP contribution in [0, 0.1) is 0 Å². The summed E-state index contributed by atoms with van der Waals surface area (Å²) in [4.78, 5) is 8.04. The molecule has 0 radical (unpaired) electrons.